The van der Waals surface area contributed by atoms with Crippen LogP contribution in [0.5, 0.6) is 0 Å². The van der Waals surface area contributed by atoms with Gasteiger partial charge in [0.2, 0.25) is 0 Å². The highest BCUT2D eigenvalue weighted by Gasteiger charge is 2.10. The summed E-state index contributed by atoms with van der Waals surface area (Å²) in [4.78, 5) is 0. The molecule has 0 aliphatic rings. The van der Waals surface area contributed by atoms with Crippen LogP contribution < -0.4 is 11.1 Å². The minimum Gasteiger partial charge on any atom is -0.394 e. The highest BCUT2D eigenvalue weighted by atomic mass is 15.3. The lowest BCUT2D eigenvalue weighted by atomic mass is 10.1. The summed E-state index contributed by atoms with van der Waals surface area (Å²) < 4.78 is 1.94. The van der Waals surface area contributed by atoms with Gasteiger partial charge in [-0.2, -0.15) is 5.10 Å². The Balaban J connectivity index is 2.41. The molecule has 1 aromatic rings. The Bertz CT molecular complexity index is 341. The molecule has 0 aliphatic carbocycles. The van der Waals surface area contributed by atoms with Crippen molar-refractivity contribution in [2.75, 3.05) is 17.6 Å². The molecule has 3 N–H and O–H groups in total. The highest BCUT2D eigenvalue weighted by molar-refractivity contribution is 5.64. The maximum absolute atomic E-state index is 6.00. The average molecular weight is 238 g/mol. The molecular formula is C13H26N4. The van der Waals surface area contributed by atoms with Crippen molar-refractivity contribution in [3.8, 4) is 0 Å². The molecule has 0 fully saturated rings. The fourth-order valence-electron chi connectivity index (χ4n) is 1.90. The van der Waals surface area contributed by atoms with Crippen LogP contribution in [-0.2, 0) is 6.54 Å². The van der Waals surface area contributed by atoms with E-state index < -0.39 is 0 Å². The van der Waals surface area contributed by atoms with Crippen molar-refractivity contribution in [2.24, 2.45) is 5.92 Å². The summed E-state index contributed by atoms with van der Waals surface area (Å²) in [6.45, 7) is 10.4. The molecule has 0 aliphatic heterocycles. The predicted octanol–water partition coefficient (Wildman–Crippen LogP) is 3.03. The Morgan fingerprint density at radius 1 is 1.35 bits per heavy atom. The summed E-state index contributed by atoms with van der Waals surface area (Å²) in [5.41, 5.74) is 7.70. The number of aromatic nitrogens is 2. The number of aryl methyl sites for hydroxylation is 2. The zero-order valence-corrected chi connectivity index (χ0v) is 11.6. The Labute approximate surface area is 105 Å². The Morgan fingerprint density at radius 3 is 2.65 bits per heavy atom. The summed E-state index contributed by atoms with van der Waals surface area (Å²) >= 11 is 0. The van der Waals surface area contributed by atoms with Crippen molar-refractivity contribution in [3.63, 3.8) is 0 Å². The molecule has 1 heterocycles. The lowest BCUT2D eigenvalue weighted by Crippen LogP contribution is -2.09. The normalized spacial score (nSPS) is 11.1. The molecular weight excluding hydrogens is 212 g/mol. The van der Waals surface area contributed by atoms with Gasteiger partial charge in [0, 0.05) is 13.1 Å². The van der Waals surface area contributed by atoms with Gasteiger partial charge in [-0.1, -0.05) is 26.7 Å². The van der Waals surface area contributed by atoms with Crippen LogP contribution in [0.25, 0.3) is 0 Å². The molecule has 0 saturated carbocycles. The van der Waals surface area contributed by atoms with Crippen LogP contribution in [0.2, 0.25) is 0 Å². The second kappa shape index (κ2) is 6.52. The quantitative estimate of drug-likeness (QED) is 0.718. The van der Waals surface area contributed by atoms with E-state index in [4.69, 9.17) is 5.73 Å². The van der Waals surface area contributed by atoms with E-state index in [0.717, 1.165) is 36.2 Å². The van der Waals surface area contributed by atoms with Crippen LogP contribution in [0.3, 0.4) is 0 Å². The Kier molecular flexibility index (Phi) is 5.32. The van der Waals surface area contributed by atoms with E-state index in [1.54, 1.807) is 0 Å². The molecule has 0 aromatic carbocycles. The van der Waals surface area contributed by atoms with Crippen LogP contribution in [0.1, 0.15) is 45.7 Å². The minimum atomic E-state index is 0.788. The fraction of sp³-hybridized carbons (Fsp3) is 0.769. The van der Waals surface area contributed by atoms with Gasteiger partial charge in [-0.15, -0.1) is 0 Å². The third-order valence-corrected chi connectivity index (χ3v) is 2.97. The van der Waals surface area contributed by atoms with E-state index in [1.165, 1.54) is 19.3 Å². The number of unbranched alkanes of at least 4 members (excludes halogenated alkanes) is 1. The van der Waals surface area contributed by atoms with E-state index in [-0.39, 0.29) is 0 Å². The minimum absolute atomic E-state index is 0.788. The number of hydrogen-bond donors (Lipinski definition) is 2. The first kappa shape index (κ1) is 13.9. The molecule has 17 heavy (non-hydrogen) atoms. The standard InChI is InChI=1S/C13H26N4/c1-5-17-13(12(14)11(4)16-17)15-9-7-6-8-10(2)3/h10,15H,5-9,14H2,1-4H3. The van der Waals surface area contributed by atoms with Gasteiger partial charge in [0.1, 0.15) is 5.82 Å². The van der Waals surface area contributed by atoms with Crippen molar-refractivity contribution >= 4 is 11.5 Å². The van der Waals surface area contributed by atoms with Gasteiger partial charge in [-0.3, -0.25) is 0 Å². The molecule has 0 radical (unpaired) electrons. The molecule has 0 bridgehead atoms. The van der Waals surface area contributed by atoms with Crippen LogP contribution in [0.15, 0.2) is 0 Å². The van der Waals surface area contributed by atoms with Gasteiger partial charge in [-0.25, -0.2) is 4.68 Å². The van der Waals surface area contributed by atoms with Crippen molar-refractivity contribution in [1.29, 1.82) is 0 Å². The summed E-state index contributed by atoms with van der Waals surface area (Å²) in [5, 5.41) is 7.79. The van der Waals surface area contributed by atoms with Gasteiger partial charge < -0.3 is 11.1 Å². The van der Waals surface area contributed by atoms with Crippen LogP contribution >= 0.6 is 0 Å². The monoisotopic (exact) mass is 238 g/mol. The molecule has 1 rings (SSSR count). The largest absolute Gasteiger partial charge is 0.394 e. The molecule has 0 unspecified atom stereocenters. The van der Waals surface area contributed by atoms with E-state index in [0.29, 0.717) is 0 Å². The van der Waals surface area contributed by atoms with Gasteiger partial charge >= 0.3 is 0 Å². The Hall–Kier alpha value is -1.19. The highest BCUT2D eigenvalue weighted by Crippen LogP contribution is 2.22. The molecule has 4 nitrogen and oxygen atoms in total. The van der Waals surface area contributed by atoms with Crippen molar-refractivity contribution in [2.45, 2.75) is 53.5 Å². The third-order valence-electron chi connectivity index (χ3n) is 2.97. The van der Waals surface area contributed by atoms with Gasteiger partial charge in [-0.05, 0) is 26.2 Å². The lowest BCUT2D eigenvalue weighted by molar-refractivity contribution is 0.544. The summed E-state index contributed by atoms with van der Waals surface area (Å²) in [6.07, 6.45) is 3.75. The number of anilines is 2. The molecule has 98 valence electrons. The first-order valence-electron chi connectivity index (χ1n) is 6.63. The van der Waals surface area contributed by atoms with E-state index in [9.17, 15) is 0 Å². The van der Waals surface area contributed by atoms with Gasteiger partial charge in [0.15, 0.2) is 0 Å². The van der Waals surface area contributed by atoms with Gasteiger partial charge in [0.05, 0.1) is 11.4 Å². The molecule has 4 heteroatoms. The SMILES string of the molecule is CCn1nc(C)c(N)c1NCCCCC(C)C. The average Bonchev–Trinajstić information content (AvgIpc) is 2.55. The second-order valence-electron chi connectivity index (χ2n) is 4.98. The number of nitrogens with two attached hydrogens (primary N) is 1. The van der Waals surface area contributed by atoms with Crippen LogP contribution in [-0.4, -0.2) is 16.3 Å². The van der Waals surface area contributed by atoms with E-state index in [2.05, 4.69) is 31.2 Å². The maximum Gasteiger partial charge on any atom is 0.148 e. The fourth-order valence-corrected chi connectivity index (χ4v) is 1.90. The molecule has 0 spiro atoms. The molecule has 0 amide bonds. The van der Waals surface area contributed by atoms with Crippen LogP contribution in [0.4, 0.5) is 11.5 Å². The van der Waals surface area contributed by atoms with Crippen LogP contribution in [0, 0.1) is 12.8 Å². The maximum atomic E-state index is 6.00. The summed E-state index contributed by atoms with van der Waals surface area (Å²) in [5.74, 6) is 1.78. The number of nitrogens with zero attached hydrogens (tertiary/aromatic N) is 2. The number of hydrogen-bond acceptors (Lipinski definition) is 3. The predicted molar refractivity (Wildman–Crippen MR) is 74.2 cm³/mol. The van der Waals surface area contributed by atoms with Crippen molar-refractivity contribution in [1.82, 2.24) is 9.78 Å². The first-order valence-corrected chi connectivity index (χ1v) is 6.63. The van der Waals surface area contributed by atoms with E-state index in [1.807, 2.05) is 11.6 Å². The first-order chi connectivity index (χ1) is 8.06. The number of nitrogen functional groups attached to an aromatic ring is 1. The number of nitrogens with one attached hydrogen (secondary N) is 1. The molecule has 0 atom stereocenters. The van der Waals surface area contributed by atoms with Crippen molar-refractivity contribution in [3.05, 3.63) is 5.69 Å². The molecule has 0 saturated heterocycles. The summed E-state index contributed by atoms with van der Waals surface area (Å²) in [7, 11) is 0. The Morgan fingerprint density at radius 2 is 2.06 bits per heavy atom. The molecule has 1 aromatic heterocycles. The second-order valence-corrected chi connectivity index (χ2v) is 4.98. The third kappa shape index (κ3) is 3.95. The zero-order valence-electron chi connectivity index (χ0n) is 11.6. The zero-order chi connectivity index (χ0) is 12.8. The van der Waals surface area contributed by atoms with E-state index >= 15 is 0 Å². The lowest BCUT2D eigenvalue weighted by Gasteiger charge is -2.09. The number of rotatable bonds is 7. The smallest absolute Gasteiger partial charge is 0.148 e. The van der Waals surface area contributed by atoms with Gasteiger partial charge in [0.25, 0.3) is 0 Å². The summed E-state index contributed by atoms with van der Waals surface area (Å²) in [6, 6.07) is 0. The van der Waals surface area contributed by atoms with Crippen molar-refractivity contribution < 1.29 is 0 Å². The topological polar surface area (TPSA) is 55.9 Å².